The summed E-state index contributed by atoms with van der Waals surface area (Å²) < 4.78 is 57.4. The van der Waals surface area contributed by atoms with Gasteiger partial charge in [0.25, 0.3) is 0 Å². The van der Waals surface area contributed by atoms with Crippen molar-refractivity contribution in [1.29, 1.82) is 0 Å². The summed E-state index contributed by atoms with van der Waals surface area (Å²) in [6.07, 6.45) is 1.27. The molecule has 2 rings (SSSR count). The molecule has 0 aliphatic heterocycles. The normalized spacial score (nSPS) is 11.6. The first-order chi connectivity index (χ1) is 8.88. The first-order valence-electron chi connectivity index (χ1n) is 5.33. The highest BCUT2D eigenvalue weighted by Crippen LogP contribution is 2.19. The van der Waals surface area contributed by atoms with Gasteiger partial charge in [0.05, 0.1) is 0 Å². The predicted octanol–water partition coefficient (Wildman–Crippen LogP) is 1.59. The number of hydrogen-bond acceptors (Lipinski definition) is 3. The lowest BCUT2D eigenvalue weighted by molar-refractivity contribution is 0.276. The summed E-state index contributed by atoms with van der Waals surface area (Å²) in [6, 6.07) is 2.06. The van der Waals surface area contributed by atoms with Crippen molar-refractivity contribution < 1.29 is 22.1 Å². The first kappa shape index (κ1) is 13.4. The lowest BCUT2D eigenvalue weighted by Gasteiger charge is -2.16. The topological polar surface area (TPSA) is 39.9 Å². The summed E-state index contributed by atoms with van der Waals surface area (Å²) in [6.45, 7) is -5.35. The van der Waals surface area contributed by atoms with Gasteiger partial charge in [-0.2, -0.15) is 5.10 Å². The van der Waals surface area contributed by atoms with E-state index in [1.165, 1.54) is 11.0 Å². The molecule has 0 aliphatic carbocycles. The third kappa shape index (κ3) is 3.04. The van der Waals surface area contributed by atoms with Crippen LogP contribution >= 0.6 is 0 Å². The van der Waals surface area contributed by atoms with Crippen molar-refractivity contribution in [2.24, 2.45) is 7.05 Å². The molecule has 0 radical (unpaired) electrons. The average molecular weight is 274 g/mol. The number of benzene rings is 1. The molecule has 0 N–H and O–H groups in total. The quantitative estimate of drug-likeness (QED) is 0.627. The summed E-state index contributed by atoms with van der Waals surface area (Å²) in [5.74, 6) is -0.937. The van der Waals surface area contributed by atoms with Gasteiger partial charge < -0.3 is 17.7 Å². The number of halogens is 4. The summed E-state index contributed by atoms with van der Waals surface area (Å²) in [7, 11) is 1.59. The zero-order valence-electron chi connectivity index (χ0n) is 9.86. The van der Waals surface area contributed by atoms with Crippen molar-refractivity contribution in [2.45, 2.75) is 6.61 Å². The highest BCUT2D eigenvalue weighted by Gasteiger charge is 2.26. The Kier molecular flexibility index (Phi) is 3.45. The lowest BCUT2D eigenvalue weighted by Crippen LogP contribution is -2.34. The van der Waals surface area contributed by atoms with Gasteiger partial charge >= 0.3 is 6.98 Å². The van der Waals surface area contributed by atoms with Gasteiger partial charge in [0.1, 0.15) is 12.9 Å². The first-order valence-corrected chi connectivity index (χ1v) is 5.33. The van der Waals surface area contributed by atoms with Crippen LogP contribution in [0, 0.1) is 5.82 Å². The Balaban J connectivity index is 2.18. The molecule has 0 unspecified atom stereocenters. The van der Waals surface area contributed by atoms with Crippen LogP contribution in [0.3, 0.4) is 0 Å². The van der Waals surface area contributed by atoms with Crippen molar-refractivity contribution in [2.75, 3.05) is 0 Å². The van der Waals surface area contributed by atoms with E-state index in [0.29, 0.717) is 18.0 Å². The molecule has 19 heavy (non-hydrogen) atoms. The Hall–Kier alpha value is -2.06. The SMILES string of the molecule is Cn1ncnc1COc1cc([B-](F)(F)F)ccc1F. The third-order valence-corrected chi connectivity index (χ3v) is 2.50. The summed E-state index contributed by atoms with van der Waals surface area (Å²) in [5, 5.41) is 3.76. The molecule has 0 saturated heterocycles. The zero-order valence-corrected chi connectivity index (χ0v) is 9.86. The second-order valence-corrected chi connectivity index (χ2v) is 3.85. The van der Waals surface area contributed by atoms with Crippen LogP contribution in [0.15, 0.2) is 24.5 Å². The molecule has 0 atom stereocenters. The Morgan fingerprint density at radius 1 is 1.32 bits per heavy atom. The molecule has 1 aromatic carbocycles. The minimum atomic E-state index is -5.19. The maximum Gasteiger partial charge on any atom is 0.509 e. The van der Waals surface area contributed by atoms with Gasteiger partial charge in [-0.1, -0.05) is 6.07 Å². The largest absolute Gasteiger partial charge is 0.509 e. The maximum absolute atomic E-state index is 13.4. The number of rotatable bonds is 4. The van der Waals surface area contributed by atoms with Crippen LogP contribution in [0.25, 0.3) is 0 Å². The van der Waals surface area contributed by atoms with E-state index in [-0.39, 0.29) is 6.61 Å². The fourth-order valence-corrected chi connectivity index (χ4v) is 1.43. The molecule has 0 saturated carbocycles. The van der Waals surface area contributed by atoms with Gasteiger partial charge in [0.2, 0.25) is 0 Å². The van der Waals surface area contributed by atoms with Crippen molar-refractivity contribution in [3.05, 3.63) is 36.2 Å². The molecule has 0 aliphatic rings. The van der Waals surface area contributed by atoms with Crippen molar-refractivity contribution in [1.82, 2.24) is 14.8 Å². The fraction of sp³-hybridized carbons (Fsp3) is 0.200. The highest BCUT2D eigenvalue weighted by atomic mass is 19.4. The molecule has 0 spiro atoms. The standard InChI is InChI=1S/C10H9BF4N3O/c1-18-10(16-6-17-18)5-19-9-4-7(11(13,14)15)2-3-8(9)12/h2-4,6H,5H2,1H3/q-1. The molecule has 4 nitrogen and oxygen atoms in total. The molecule has 1 aromatic heterocycles. The van der Waals surface area contributed by atoms with E-state index < -0.39 is 24.0 Å². The number of hydrogen-bond donors (Lipinski definition) is 0. The van der Waals surface area contributed by atoms with Crippen LogP contribution in [0.2, 0.25) is 0 Å². The van der Waals surface area contributed by atoms with Crippen molar-refractivity contribution in [3.63, 3.8) is 0 Å². The fourth-order valence-electron chi connectivity index (χ4n) is 1.43. The van der Waals surface area contributed by atoms with E-state index in [4.69, 9.17) is 4.74 Å². The van der Waals surface area contributed by atoms with Crippen LogP contribution in [0.5, 0.6) is 5.75 Å². The Morgan fingerprint density at radius 2 is 2.05 bits per heavy atom. The van der Waals surface area contributed by atoms with Gasteiger partial charge in [-0.3, -0.25) is 4.68 Å². The van der Waals surface area contributed by atoms with Crippen molar-refractivity contribution in [3.8, 4) is 5.75 Å². The van der Waals surface area contributed by atoms with Crippen LogP contribution in [0.1, 0.15) is 5.82 Å². The van der Waals surface area contributed by atoms with E-state index >= 15 is 0 Å². The number of ether oxygens (including phenoxy) is 1. The van der Waals surface area contributed by atoms with Crippen LogP contribution in [-0.4, -0.2) is 21.7 Å². The van der Waals surface area contributed by atoms with Gasteiger partial charge in [0.15, 0.2) is 17.4 Å². The number of aryl methyl sites for hydroxylation is 1. The van der Waals surface area contributed by atoms with Gasteiger partial charge in [0, 0.05) is 7.05 Å². The highest BCUT2D eigenvalue weighted by molar-refractivity contribution is 6.73. The number of aromatic nitrogens is 3. The molecule has 9 heteroatoms. The van der Waals surface area contributed by atoms with Gasteiger partial charge in [-0.05, 0) is 12.1 Å². The minimum Gasteiger partial charge on any atom is -0.483 e. The molecular formula is C10H9BF4N3O-. The number of nitrogens with zero attached hydrogens (tertiary/aromatic N) is 3. The molecule has 1 heterocycles. The van der Waals surface area contributed by atoms with E-state index in [1.807, 2.05) is 0 Å². The molecular weight excluding hydrogens is 265 g/mol. The molecule has 0 amide bonds. The van der Waals surface area contributed by atoms with Crippen LogP contribution < -0.4 is 10.2 Å². The maximum atomic E-state index is 13.4. The van der Waals surface area contributed by atoms with Crippen molar-refractivity contribution >= 4 is 12.4 Å². The van der Waals surface area contributed by atoms with Crippen LogP contribution in [-0.2, 0) is 13.7 Å². The lowest BCUT2D eigenvalue weighted by atomic mass is 9.80. The zero-order chi connectivity index (χ0) is 14.0. The van der Waals surface area contributed by atoms with E-state index in [1.54, 1.807) is 7.05 Å². The Labute approximate surface area is 106 Å². The van der Waals surface area contributed by atoms with Crippen LogP contribution in [0.4, 0.5) is 17.3 Å². The summed E-state index contributed by atoms with van der Waals surface area (Å²) in [4.78, 5) is 3.82. The smallest absolute Gasteiger partial charge is 0.483 e. The molecule has 0 bridgehead atoms. The van der Waals surface area contributed by atoms with Gasteiger partial charge in [-0.25, -0.2) is 9.37 Å². The van der Waals surface area contributed by atoms with E-state index in [0.717, 1.165) is 6.07 Å². The molecule has 0 fully saturated rings. The Bertz CT molecular complexity index is 584. The minimum absolute atomic E-state index is 0.165. The second-order valence-electron chi connectivity index (χ2n) is 3.85. The summed E-state index contributed by atoms with van der Waals surface area (Å²) >= 11 is 0. The monoisotopic (exact) mass is 274 g/mol. The Morgan fingerprint density at radius 3 is 2.63 bits per heavy atom. The second kappa shape index (κ2) is 4.91. The summed E-state index contributed by atoms with van der Waals surface area (Å²) in [5.41, 5.74) is -0.908. The molecule has 2 aromatic rings. The third-order valence-electron chi connectivity index (χ3n) is 2.50. The van der Waals surface area contributed by atoms with E-state index in [2.05, 4.69) is 10.1 Å². The molecule has 102 valence electrons. The average Bonchev–Trinajstić information content (AvgIpc) is 2.72. The van der Waals surface area contributed by atoms with Gasteiger partial charge in [-0.15, -0.1) is 5.46 Å². The predicted molar refractivity (Wildman–Crippen MR) is 60.4 cm³/mol. The van der Waals surface area contributed by atoms with E-state index in [9.17, 15) is 17.3 Å².